The zero-order valence-electron chi connectivity index (χ0n) is 8.41. The Bertz CT molecular complexity index is 223. The van der Waals surface area contributed by atoms with E-state index in [4.69, 9.17) is 9.84 Å². The summed E-state index contributed by atoms with van der Waals surface area (Å²) in [5.74, 6) is -0.218. The Balaban J connectivity index is 2.62. The number of rotatable bonds is 5. The summed E-state index contributed by atoms with van der Waals surface area (Å²) < 4.78 is 5.00. The van der Waals surface area contributed by atoms with Gasteiger partial charge in [-0.2, -0.15) is 0 Å². The van der Waals surface area contributed by atoms with Crippen molar-refractivity contribution < 1.29 is 24.9 Å². The quantitative estimate of drug-likeness (QED) is 0.472. The van der Waals surface area contributed by atoms with Crippen LogP contribution in [0.4, 0.5) is 0 Å². The zero-order valence-corrected chi connectivity index (χ0v) is 8.41. The van der Waals surface area contributed by atoms with E-state index in [1.165, 1.54) is 7.11 Å². The number of aliphatic hydroxyl groups excluding tert-OH is 2. The molecule has 0 aromatic heterocycles. The average molecular weight is 221 g/mol. The summed E-state index contributed by atoms with van der Waals surface area (Å²) in [7, 11) is 1.41. The van der Waals surface area contributed by atoms with E-state index in [2.05, 4.69) is 4.84 Å². The van der Waals surface area contributed by atoms with E-state index in [-0.39, 0.29) is 12.5 Å². The summed E-state index contributed by atoms with van der Waals surface area (Å²) in [5.41, 5.74) is 0. The molecule has 2 N–H and O–H groups in total. The standard InChI is InChI=1S/C8H15NO6/c1-14-6-4-5(2-3-10)7(11)8(6)15-9(12)13/h5-8,10-11H,2-4H2,1H3. The van der Waals surface area contributed by atoms with Crippen LogP contribution in [0.3, 0.4) is 0 Å². The Hall–Kier alpha value is -0.920. The van der Waals surface area contributed by atoms with Gasteiger partial charge in [0.15, 0.2) is 6.10 Å². The second-order valence-electron chi connectivity index (χ2n) is 3.57. The van der Waals surface area contributed by atoms with Gasteiger partial charge in [-0.3, -0.25) is 0 Å². The van der Waals surface area contributed by atoms with Crippen molar-refractivity contribution in [3.8, 4) is 0 Å². The van der Waals surface area contributed by atoms with Crippen molar-refractivity contribution in [1.29, 1.82) is 0 Å². The monoisotopic (exact) mass is 221 g/mol. The molecule has 7 heteroatoms. The lowest BCUT2D eigenvalue weighted by atomic mass is 10.0. The van der Waals surface area contributed by atoms with Crippen molar-refractivity contribution in [3.05, 3.63) is 10.1 Å². The fourth-order valence-electron chi connectivity index (χ4n) is 1.97. The van der Waals surface area contributed by atoms with Crippen LogP contribution in [-0.4, -0.2) is 47.3 Å². The first-order chi connectivity index (χ1) is 7.10. The Morgan fingerprint density at radius 2 is 2.27 bits per heavy atom. The maximum atomic E-state index is 10.2. The van der Waals surface area contributed by atoms with Gasteiger partial charge in [0, 0.05) is 13.7 Å². The molecule has 0 heterocycles. The molecule has 0 bridgehead atoms. The van der Waals surface area contributed by atoms with Crippen LogP contribution in [0.15, 0.2) is 0 Å². The van der Waals surface area contributed by atoms with Gasteiger partial charge in [-0.15, -0.1) is 10.1 Å². The molecule has 4 unspecified atom stereocenters. The molecule has 1 aliphatic carbocycles. The third-order valence-corrected chi connectivity index (χ3v) is 2.73. The molecule has 0 aromatic rings. The predicted octanol–water partition coefficient (Wildman–Crippen LogP) is -0.659. The summed E-state index contributed by atoms with van der Waals surface area (Å²) in [5, 5.41) is 27.7. The molecule has 0 spiro atoms. The third kappa shape index (κ3) is 2.77. The number of hydrogen-bond acceptors (Lipinski definition) is 6. The molecule has 0 saturated heterocycles. The van der Waals surface area contributed by atoms with Crippen molar-refractivity contribution in [2.45, 2.75) is 31.2 Å². The highest BCUT2D eigenvalue weighted by atomic mass is 17.0. The van der Waals surface area contributed by atoms with Gasteiger partial charge in [0.2, 0.25) is 0 Å². The molecule has 1 rings (SSSR count). The zero-order chi connectivity index (χ0) is 11.4. The molecular weight excluding hydrogens is 206 g/mol. The van der Waals surface area contributed by atoms with E-state index >= 15 is 0 Å². The van der Waals surface area contributed by atoms with E-state index in [1.807, 2.05) is 0 Å². The van der Waals surface area contributed by atoms with Crippen molar-refractivity contribution >= 4 is 0 Å². The minimum absolute atomic E-state index is 0.0661. The number of nitrogens with zero attached hydrogens (tertiary/aromatic N) is 1. The molecular formula is C8H15NO6. The highest BCUT2D eigenvalue weighted by Gasteiger charge is 2.44. The first-order valence-corrected chi connectivity index (χ1v) is 4.73. The molecule has 7 nitrogen and oxygen atoms in total. The lowest BCUT2D eigenvalue weighted by molar-refractivity contribution is -0.771. The minimum Gasteiger partial charge on any atom is -0.396 e. The number of methoxy groups -OCH3 is 1. The van der Waals surface area contributed by atoms with Crippen molar-refractivity contribution in [2.24, 2.45) is 5.92 Å². The maximum Gasteiger partial charge on any atom is 0.294 e. The van der Waals surface area contributed by atoms with Crippen LogP contribution < -0.4 is 0 Å². The van der Waals surface area contributed by atoms with Crippen LogP contribution in [0.2, 0.25) is 0 Å². The molecule has 0 aliphatic heterocycles. The third-order valence-electron chi connectivity index (χ3n) is 2.73. The van der Waals surface area contributed by atoms with Crippen LogP contribution in [-0.2, 0) is 9.57 Å². The fraction of sp³-hybridized carbons (Fsp3) is 1.00. The highest BCUT2D eigenvalue weighted by molar-refractivity contribution is 4.92. The number of ether oxygens (including phenoxy) is 1. The van der Waals surface area contributed by atoms with Crippen LogP contribution in [0.1, 0.15) is 12.8 Å². The predicted molar refractivity (Wildman–Crippen MR) is 48.5 cm³/mol. The van der Waals surface area contributed by atoms with Gasteiger partial charge in [-0.25, -0.2) is 0 Å². The first kappa shape index (κ1) is 12.2. The highest BCUT2D eigenvalue weighted by Crippen LogP contribution is 2.32. The van der Waals surface area contributed by atoms with Gasteiger partial charge < -0.3 is 19.8 Å². The largest absolute Gasteiger partial charge is 0.396 e. The Morgan fingerprint density at radius 1 is 1.60 bits per heavy atom. The Labute approximate surface area is 86.7 Å². The van der Waals surface area contributed by atoms with Gasteiger partial charge in [0.05, 0.1) is 12.2 Å². The summed E-state index contributed by atoms with van der Waals surface area (Å²) >= 11 is 0. The summed E-state index contributed by atoms with van der Waals surface area (Å²) in [6, 6.07) is 0. The van der Waals surface area contributed by atoms with Gasteiger partial charge >= 0.3 is 0 Å². The van der Waals surface area contributed by atoms with Crippen LogP contribution in [0, 0.1) is 16.0 Å². The van der Waals surface area contributed by atoms with Crippen molar-refractivity contribution in [2.75, 3.05) is 13.7 Å². The molecule has 1 fully saturated rings. The molecule has 88 valence electrons. The molecule has 0 radical (unpaired) electrons. The topological polar surface area (TPSA) is 102 Å². The first-order valence-electron chi connectivity index (χ1n) is 4.73. The van der Waals surface area contributed by atoms with Gasteiger partial charge in [-0.1, -0.05) is 0 Å². The van der Waals surface area contributed by atoms with Gasteiger partial charge in [0.25, 0.3) is 5.09 Å². The number of aliphatic hydroxyl groups is 2. The lowest BCUT2D eigenvalue weighted by Gasteiger charge is -2.19. The number of hydrogen-bond donors (Lipinski definition) is 2. The van der Waals surface area contributed by atoms with Crippen molar-refractivity contribution in [3.63, 3.8) is 0 Å². The molecule has 1 saturated carbocycles. The smallest absolute Gasteiger partial charge is 0.294 e. The molecule has 4 atom stereocenters. The minimum atomic E-state index is -0.965. The maximum absolute atomic E-state index is 10.2. The van der Waals surface area contributed by atoms with Gasteiger partial charge in [-0.05, 0) is 18.8 Å². The van der Waals surface area contributed by atoms with Crippen LogP contribution >= 0.6 is 0 Å². The molecule has 0 amide bonds. The SMILES string of the molecule is COC1CC(CCO)C(O)C1O[N+](=O)[O-]. The van der Waals surface area contributed by atoms with E-state index < -0.39 is 23.4 Å². The average Bonchev–Trinajstić information content (AvgIpc) is 2.46. The van der Waals surface area contributed by atoms with E-state index in [9.17, 15) is 15.2 Å². The Kier molecular flexibility index (Phi) is 4.25. The summed E-state index contributed by atoms with van der Waals surface area (Å²) in [6.07, 6.45) is -1.58. The molecule has 0 aromatic carbocycles. The lowest BCUT2D eigenvalue weighted by Crippen LogP contribution is -2.36. The van der Waals surface area contributed by atoms with E-state index in [1.54, 1.807) is 0 Å². The summed E-state index contributed by atoms with van der Waals surface area (Å²) in [4.78, 5) is 14.6. The van der Waals surface area contributed by atoms with E-state index in [0.717, 1.165) is 0 Å². The van der Waals surface area contributed by atoms with Gasteiger partial charge in [0.1, 0.15) is 0 Å². The molecule has 15 heavy (non-hydrogen) atoms. The van der Waals surface area contributed by atoms with E-state index in [0.29, 0.717) is 12.8 Å². The van der Waals surface area contributed by atoms with Crippen molar-refractivity contribution in [1.82, 2.24) is 0 Å². The fourth-order valence-corrected chi connectivity index (χ4v) is 1.97. The van der Waals surface area contributed by atoms with Crippen LogP contribution in [0.5, 0.6) is 0 Å². The summed E-state index contributed by atoms with van der Waals surface area (Å²) in [6.45, 7) is -0.0661. The van der Waals surface area contributed by atoms with Crippen LogP contribution in [0.25, 0.3) is 0 Å². The second kappa shape index (κ2) is 5.24. The normalized spacial score (nSPS) is 35.4. The second-order valence-corrected chi connectivity index (χ2v) is 3.57. The molecule has 1 aliphatic rings. The Morgan fingerprint density at radius 3 is 2.73 bits per heavy atom.